The van der Waals surface area contributed by atoms with E-state index in [1.165, 1.54) is 55.7 Å². The minimum atomic E-state index is 0.860. The maximum Gasteiger partial charge on any atom is 0.131 e. The summed E-state index contributed by atoms with van der Waals surface area (Å²) in [7, 11) is 1.98. The average molecular weight is 288 g/mol. The van der Waals surface area contributed by atoms with Crippen molar-refractivity contribution in [3.05, 3.63) is 23.4 Å². The summed E-state index contributed by atoms with van der Waals surface area (Å²) >= 11 is 0. The Morgan fingerprint density at radius 1 is 1.19 bits per heavy atom. The lowest BCUT2D eigenvalue weighted by atomic mass is 10.1. The van der Waals surface area contributed by atoms with E-state index in [1.807, 2.05) is 13.2 Å². The van der Waals surface area contributed by atoms with E-state index in [0.717, 1.165) is 25.7 Å². The Labute approximate surface area is 128 Å². The van der Waals surface area contributed by atoms with E-state index in [0.29, 0.717) is 0 Å². The zero-order valence-corrected chi connectivity index (χ0v) is 13.4. The first-order valence-electron chi connectivity index (χ1n) is 8.37. The molecule has 2 aliphatic rings. The molecule has 21 heavy (non-hydrogen) atoms. The number of rotatable bonds is 4. The number of hydrogen-bond acceptors (Lipinski definition) is 4. The van der Waals surface area contributed by atoms with E-state index in [2.05, 4.69) is 28.1 Å². The second-order valence-corrected chi connectivity index (χ2v) is 6.48. The molecule has 2 heterocycles. The Balaban J connectivity index is 1.61. The summed E-state index contributed by atoms with van der Waals surface area (Å²) < 4.78 is 0. The third kappa shape index (κ3) is 3.38. The van der Waals surface area contributed by atoms with Gasteiger partial charge < -0.3 is 10.2 Å². The highest BCUT2D eigenvalue weighted by Gasteiger charge is 2.26. The molecule has 0 bridgehead atoms. The summed E-state index contributed by atoms with van der Waals surface area (Å²) in [6, 6.07) is 3.13. The van der Waals surface area contributed by atoms with Crippen LogP contribution in [-0.4, -0.2) is 49.2 Å². The van der Waals surface area contributed by atoms with E-state index in [4.69, 9.17) is 4.98 Å². The number of hydrogen-bond donors (Lipinski definition) is 1. The number of aromatic nitrogens is 1. The predicted molar refractivity (Wildman–Crippen MR) is 87.8 cm³/mol. The summed E-state index contributed by atoms with van der Waals surface area (Å²) in [5, 5.41) is 3.19. The van der Waals surface area contributed by atoms with Crippen LogP contribution in [0, 0.1) is 6.92 Å². The highest BCUT2D eigenvalue weighted by atomic mass is 15.3. The molecule has 4 heteroatoms. The molecule has 1 aliphatic heterocycles. The number of aryl methyl sites for hydroxylation is 1. The first-order chi connectivity index (χ1) is 10.3. The lowest BCUT2D eigenvalue weighted by molar-refractivity contribution is 0.187. The molecule has 0 aromatic carbocycles. The van der Waals surface area contributed by atoms with Gasteiger partial charge >= 0.3 is 0 Å². The second-order valence-electron chi connectivity index (χ2n) is 6.48. The van der Waals surface area contributed by atoms with Crippen molar-refractivity contribution in [2.24, 2.45) is 0 Å². The molecule has 0 unspecified atom stereocenters. The molecule has 1 aliphatic carbocycles. The van der Waals surface area contributed by atoms with Crippen molar-refractivity contribution in [3.8, 4) is 0 Å². The Morgan fingerprint density at radius 2 is 1.90 bits per heavy atom. The van der Waals surface area contributed by atoms with E-state index >= 15 is 0 Å². The Hall–Kier alpha value is -1.13. The fourth-order valence-corrected chi connectivity index (χ4v) is 3.83. The molecule has 1 saturated carbocycles. The van der Waals surface area contributed by atoms with Gasteiger partial charge in [0.05, 0.1) is 0 Å². The predicted octanol–water partition coefficient (Wildman–Crippen LogP) is 2.17. The number of anilines is 1. The molecule has 3 rings (SSSR count). The van der Waals surface area contributed by atoms with Gasteiger partial charge in [0.15, 0.2) is 0 Å². The van der Waals surface area contributed by atoms with Crippen LogP contribution < -0.4 is 10.2 Å². The molecular formula is C17H28N4. The minimum Gasteiger partial charge on any atom is -0.354 e. The van der Waals surface area contributed by atoms with E-state index in [1.54, 1.807) is 0 Å². The first kappa shape index (κ1) is 14.8. The normalized spacial score (nSPS) is 21.1. The van der Waals surface area contributed by atoms with Gasteiger partial charge in [-0.3, -0.25) is 4.90 Å². The van der Waals surface area contributed by atoms with Crippen molar-refractivity contribution in [2.75, 3.05) is 38.1 Å². The Bertz CT molecular complexity index is 460. The van der Waals surface area contributed by atoms with E-state index in [-0.39, 0.29) is 0 Å². The summed E-state index contributed by atoms with van der Waals surface area (Å²) in [5.74, 6) is 1.18. The van der Waals surface area contributed by atoms with Crippen LogP contribution in [0.3, 0.4) is 0 Å². The van der Waals surface area contributed by atoms with Gasteiger partial charge in [-0.2, -0.15) is 0 Å². The molecule has 0 spiro atoms. The largest absolute Gasteiger partial charge is 0.354 e. The maximum atomic E-state index is 4.71. The first-order valence-corrected chi connectivity index (χ1v) is 8.37. The van der Waals surface area contributed by atoms with Crippen molar-refractivity contribution >= 4 is 5.82 Å². The van der Waals surface area contributed by atoms with Crippen molar-refractivity contribution < 1.29 is 0 Å². The molecule has 1 aromatic heterocycles. The van der Waals surface area contributed by atoms with Crippen LogP contribution in [0.4, 0.5) is 5.82 Å². The molecule has 2 fully saturated rings. The second kappa shape index (κ2) is 6.75. The molecule has 0 radical (unpaired) electrons. The molecule has 1 aromatic rings. The topological polar surface area (TPSA) is 31.4 Å². The third-order valence-electron chi connectivity index (χ3n) is 4.94. The van der Waals surface area contributed by atoms with Gasteiger partial charge in [0, 0.05) is 45.0 Å². The van der Waals surface area contributed by atoms with Crippen molar-refractivity contribution in [1.29, 1.82) is 0 Å². The molecule has 0 atom stereocenters. The highest BCUT2D eigenvalue weighted by molar-refractivity contribution is 5.47. The van der Waals surface area contributed by atoms with Gasteiger partial charge in [0.1, 0.15) is 5.82 Å². The number of piperazine rings is 1. The van der Waals surface area contributed by atoms with Gasteiger partial charge in [-0.25, -0.2) is 4.98 Å². The van der Waals surface area contributed by atoms with Crippen LogP contribution in [-0.2, 0) is 6.54 Å². The van der Waals surface area contributed by atoms with Crippen molar-refractivity contribution in [2.45, 2.75) is 45.2 Å². The Kier molecular flexibility index (Phi) is 4.76. The maximum absolute atomic E-state index is 4.71. The van der Waals surface area contributed by atoms with Crippen LogP contribution in [0.15, 0.2) is 12.3 Å². The van der Waals surface area contributed by atoms with E-state index < -0.39 is 0 Å². The van der Waals surface area contributed by atoms with Crippen LogP contribution >= 0.6 is 0 Å². The molecule has 116 valence electrons. The summed E-state index contributed by atoms with van der Waals surface area (Å²) in [5.41, 5.74) is 2.57. The molecule has 1 N–H and O–H groups in total. The fourth-order valence-electron chi connectivity index (χ4n) is 3.83. The van der Waals surface area contributed by atoms with Gasteiger partial charge in [-0.15, -0.1) is 0 Å². The van der Waals surface area contributed by atoms with E-state index in [9.17, 15) is 0 Å². The molecule has 0 amide bonds. The zero-order chi connectivity index (χ0) is 14.7. The lowest BCUT2D eigenvalue weighted by Gasteiger charge is -2.39. The fraction of sp³-hybridized carbons (Fsp3) is 0.706. The number of nitrogens with one attached hydrogen (secondary N) is 1. The SMILES string of the molecule is CNCc1cnc(N2CCN(C3CCCC3)CC2)c(C)c1. The molecular weight excluding hydrogens is 260 g/mol. The quantitative estimate of drug-likeness (QED) is 0.920. The summed E-state index contributed by atoms with van der Waals surface area (Å²) in [6.07, 6.45) is 7.70. The van der Waals surface area contributed by atoms with Crippen LogP contribution in [0.25, 0.3) is 0 Å². The molecule has 1 saturated heterocycles. The van der Waals surface area contributed by atoms with Crippen molar-refractivity contribution in [3.63, 3.8) is 0 Å². The summed E-state index contributed by atoms with van der Waals surface area (Å²) in [6.45, 7) is 7.72. The zero-order valence-electron chi connectivity index (χ0n) is 13.4. The van der Waals surface area contributed by atoms with Crippen molar-refractivity contribution in [1.82, 2.24) is 15.2 Å². The van der Waals surface area contributed by atoms with Gasteiger partial charge in [0.2, 0.25) is 0 Å². The highest BCUT2D eigenvalue weighted by Crippen LogP contribution is 2.26. The monoisotopic (exact) mass is 288 g/mol. The minimum absolute atomic E-state index is 0.860. The Morgan fingerprint density at radius 3 is 2.52 bits per heavy atom. The van der Waals surface area contributed by atoms with Crippen LogP contribution in [0.1, 0.15) is 36.8 Å². The van der Waals surface area contributed by atoms with Crippen LogP contribution in [0.5, 0.6) is 0 Å². The average Bonchev–Trinajstić information content (AvgIpc) is 3.02. The summed E-state index contributed by atoms with van der Waals surface area (Å²) in [4.78, 5) is 9.88. The third-order valence-corrected chi connectivity index (χ3v) is 4.94. The number of nitrogens with zero attached hydrogens (tertiary/aromatic N) is 3. The van der Waals surface area contributed by atoms with Gasteiger partial charge in [0.25, 0.3) is 0 Å². The smallest absolute Gasteiger partial charge is 0.131 e. The lowest BCUT2D eigenvalue weighted by Crippen LogP contribution is -2.50. The molecule has 4 nitrogen and oxygen atoms in total. The van der Waals surface area contributed by atoms with Gasteiger partial charge in [-0.05, 0) is 44.0 Å². The standard InChI is InChI=1S/C17H28N4/c1-14-11-15(12-18-2)13-19-17(14)21-9-7-20(8-10-21)16-5-3-4-6-16/h11,13,16,18H,3-10,12H2,1-2H3. The number of pyridine rings is 1. The van der Waals surface area contributed by atoms with Gasteiger partial charge in [-0.1, -0.05) is 12.8 Å². The van der Waals surface area contributed by atoms with Crippen LogP contribution in [0.2, 0.25) is 0 Å².